The van der Waals surface area contributed by atoms with Crippen molar-refractivity contribution in [3.05, 3.63) is 64.6 Å². The van der Waals surface area contributed by atoms with Gasteiger partial charge in [-0.3, -0.25) is 9.69 Å². The molecule has 0 bridgehead atoms. The normalized spacial score (nSPS) is 15.3. The van der Waals surface area contributed by atoms with Gasteiger partial charge in [-0.25, -0.2) is 0 Å². The van der Waals surface area contributed by atoms with Gasteiger partial charge in [0.15, 0.2) is 11.5 Å². The first-order chi connectivity index (χ1) is 14.5. The zero-order valence-corrected chi connectivity index (χ0v) is 19.2. The number of methoxy groups -OCH3 is 1. The van der Waals surface area contributed by atoms with Crippen LogP contribution in [0.15, 0.2) is 53.4 Å². The van der Waals surface area contributed by atoms with Gasteiger partial charge in [-0.2, -0.15) is 0 Å². The summed E-state index contributed by atoms with van der Waals surface area (Å²) in [6.45, 7) is 5.56. The van der Waals surface area contributed by atoms with E-state index < -0.39 is 0 Å². The van der Waals surface area contributed by atoms with Crippen molar-refractivity contribution in [2.24, 2.45) is 5.92 Å². The summed E-state index contributed by atoms with van der Waals surface area (Å²) < 4.78 is 11.9. The van der Waals surface area contributed by atoms with Crippen molar-refractivity contribution >= 4 is 40.3 Å². The van der Waals surface area contributed by atoms with Crippen molar-refractivity contribution in [1.82, 2.24) is 4.90 Å². The highest BCUT2D eigenvalue weighted by molar-refractivity contribution is 8.26. The molecule has 158 valence electrons. The van der Waals surface area contributed by atoms with Crippen molar-refractivity contribution in [3.63, 3.8) is 0 Å². The average Bonchev–Trinajstić information content (AvgIpc) is 3.00. The maximum absolute atomic E-state index is 12.9. The molecular formula is C24H27NO3S2. The molecule has 1 amide bonds. The van der Waals surface area contributed by atoms with Crippen LogP contribution in [0.5, 0.6) is 11.5 Å². The molecule has 1 aliphatic rings. The van der Waals surface area contributed by atoms with Crippen LogP contribution >= 0.6 is 24.0 Å². The minimum Gasteiger partial charge on any atom is -0.493 e. The topological polar surface area (TPSA) is 38.8 Å². The monoisotopic (exact) mass is 441 g/mol. The van der Waals surface area contributed by atoms with Crippen LogP contribution in [0.25, 0.3) is 6.08 Å². The smallest absolute Gasteiger partial charge is 0.266 e. The number of carbonyl (C=O) groups excluding carboxylic acids is 1. The number of hydrogen-bond donors (Lipinski definition) is 0. The Morgan fingerprint density at radius 1 is 1.13 bits per heavy atom. The van der Waals surface area contributed by atoms with Crippen LogP contribution in [0.3, 0.4) is 0 Å². The highest BCUT2D eigenvalue weighted by Gasteiger charge is 2.31. The molecule has 0 radical (unpaired) electrons. The second-order valence-electron chi connectivity index (χ2n) is 7.51. The standard InChI is InChI=1S/C24H27NO3S2/c1-17(2)12-14-28-20-10-9-19(15-21(20)27-3)16-22-23(26)25(24(29)30-22)13-11-18-7-5-4-6-8-18/h4-10,15-17H,11-14H2,1-3H3/b22-16-. The number of nitrogens with zero attached hydrogens (tertiary/aromatic N) is 1. The summed E-state index contributed by atoms with van der Waals surface area (Å²) in [6.07, 6.45) is 3.62. The molecule has 0 saturated carbocycles. The zero-order chi connectivity index (χ0) is 21.5. The number of carbonyl (C=O) groups is 1. The molecule has 1 aliphatic heterocycles. The molecule has 0 aromatic heterocycles. The van der Waals surface area contributed by atoms with Gasteiger partial charge in [-0.1, -0.05) is 74.2 Å². The quantitative estimate of drug-likeness (QED) is 0.376. The first-order valence-electron chi connectivity index (χ1n) is 10.1. The first-order valence-corrected chi connectivity index (χ1v) is 11.3. The van der Waals surface area contributed by atoms with E-state index in [0.717, 1.165) is 18.4 Å². The van der Waals surface area contributed by atoms with Crippen LogP contribution in [0.1, 0.15) is 31.4 Å². The number of hydrogen-bond acceptors (Lipinski definition) is 5. The van der Waals surface area contributed by atoms with Crippen LogP contribution in [-0.4, -0.2) is 35.4 Å². The van der Waals surface area contributed by atoms with Crippen LogP contribution in [-0.2, 0) is 11.2 Å². The fraction of sp³-hybridized carbons (Fsp3) is 0.333. The molecule has 4 nitrogen and oxygen atoms in total. The van der Waals surface area contributed by atoms with Crippen molar-refractivity contribution in [2.45, 2.75) is 26.7 Å². The lowest BCUT2D eigenvalue weighted by atomic mass is 10.1. The summed E-state index contributed by atoms with van der Waals surface area (Å²) in [5, 5.41) is 0. The van der Waals surface area contributed by atoms with Gasteiger partial charge in [0.25, 0.3) is 5.91 Å². The molecule has 0 spiro atoms. The van der Waals surface area contributed by atoms with E-state index in [1.807, 2.05) is 42.5 Å². The lowest BCUT2D eigenvalue weighted by Crippen LogP contribution is -2.30. The van der Waals surface area contributed by atoms with Crippen LogP contribution in [0.4, 0.5) is 0 Å². The molecule has 1 fully saturated rings. The summed E-state index contributed by atoms with van der Waals surface area (Å²) >= 11 is 6.79. The van der Waals surface area contributed by atoms with Crippen LogP contribution in [0, 0.1) is 5.92 Å². The minimum absolute atomic E-state index is 0.0443. The highest BCUT2D eigenvalue weighted by Crippen LogP contribution is 2.35. The molecule has 30 heavy (non-hydrogen) atoms. The molecule has 3 rings (SSSR count). The van der Waals surface area contributed by atoms with E-state index in [1.54, 1.807) is 12.0 Å². The van der Waals surface area contributed by atoms with Crippen molar-refractivity contribution < 1.29 is 14.3 Å². The Kier molecular flexibility index (Phi) is 7.94. The molecule has 0 N–H and O–H groups in total. The Morgan fingerprint density at radius 3 is 2.60 bits per heavy atom. The summed E-state index contributed by atoms with van der Waals surface area (Å²) in [5.74, 6) is 1.91. The van der Waals surface area contributed by atoms with Gasteiger partial charge in [0, 0.05) is 6.54 Å². The fourth-order valence-corrected chi connectivity index (χ4v) is 4.34. The molecule has 0 atom stereocenters. The SMILES string of the molecule is COc1cc(/C=C2\SC(=S)N(CCc3ccccc3)C2=O)ccc1OCCC(C)C. The van der Waals surface area contributed by atoms with Gasteiger partial charge in [0.05, 0.1) is 18.6 Å². The summed E-state index contributed by atoms with van der Waals surface area (Å²) in [7, 11) is 1.62. The molecule has 1 heterocycles. The van der Waals surface area contributed by atoms with Gasteiger partial charge in [0.2, 0.25) is 0 Å². The lowest BCUT2D eigenvalue weighted by molar-refractivity contribution is -0.122. The molecule has 2 aromatic carbocycles. The van der Waals surface area contributed by atoms with Gasteiger partial charge < -0.3 is 9.47 Å². The van der Waals surface area contributed by atoms with E-state index in [1.165, 1.54) is 17.3 Å². The van der Waals surface area contributed by atoms with Crippen LogP contribution in [0.2, 0.25) is 0 Å². The molecule has 0 unspecified atom stereocenters. The third kappa shape index (κ3) is 5.86. The van der Waals surface area contributed by atoms with Gasteiger partial charge in [-0.15, -0.1) is 0 Å². The van der Waals surface area contributed by atoms with Crippen molar-refractivity contribution in [2.75, 3.05) is 20.3 Å². The second-order valence-corrected chi connectivity index (χ2v) is 9.19. The third-order valence-corrected chi connectivity index (χ3v) is 6.16. The second kappa shape index (κ2) is 10.6. The fourth-order valence-electron chi connectivity index (χ4n) is 3.03. The predicted octanol–water partition coefficient (Wildman–Crippen LogP) is 5.56. The molecule has 1 saturated heterocycles. The molecule has 0 aliphatic carbocycles. The summed E-state index contributed by atoms with van der Waals surface area (Å²) in [6, 6.07) is 15.8. The van der Waals surface area contributed by atoms with E-state index in [2.05, 4.69) is 26.0 Å². The first kappa shape index (κ1) is 22.4. The third-order valence-electron chi connectivity index (χ3n) is 4.78. The van der Waals surface area contributed by atoms with Crippen molar-refractivity contribution in [3.8, 4) is 11.5 Å². The number of thiocarbonyl (C=S) groups is 1. The van der Waals surface area contributed by atoms with E-state index in [9.17, 15) is 4.79 Å². The summed E-state index contributed by atoms with van der Waals surface area (Å²) in [4.78, 5) is 15.2. The number of thioether (sulfide) groups is 1. The maximum atomic E-state index is 12.9. The Hall–Kier alpha value is -2.31. The van der Waals surface area contributed by atoms with E-state index >= 15 is 0 Å². The summed E-state index contributed by atoms with van der Waals surface area (Å²) in [5.41, 5.74) is 2.07. The lowest BCUT2D eigenvalue weighted by Gasteiger charge is -2.14. The number of rotatable bonds is 9. The van der Waals surface area contributed by atoms with Crippen LogP contribution < -0.4 is 9.47 Å². The van der Waals surface area contributed by atoms with E-state index in [-0.39, 0.29) is 5.91 Å². The highest BCUT2D eigenvalue weighted by atomic mass is 32.2. The Balaban J connectivity index is 1.68. The van der Waals surface area contributed by atoms with Gasteiger partial charge >= 0.3 is 0 Å². The van der Waals surface area contributed by atoms with Gasteiger partial charge in [-0.05, 0) is 48.1 Å². The zero-order valence-electron chi connectivity index (χ0n) is 17.6. The Labute approximate surface area is 188 Å². The largest absolute Gasteiger partial charge is 0.493 e. The molecule has 6 heteroatoms. The molecule has 2 aromatic rings. The molecular weight excluding hydrogens is 414 g/mol. The number of benzene rings is 2. The van der Waals surface area contributed by atoms with E-state index in [0.29, 0.717) is 39.8 Å². The Morgan fingerprint density at radius 2 is 1.90 bits per heavy atom. The van der Waals surface area contributed by atoms with Crippen molar-refractivity contribution in [1.29, 1.82) is 0 Å². The van der Waals surface area contributed by atoms with E-state index in [4.69, 9.17) is 21.7 Å². The predicted molar refractivity (Wildman–Crippen MR) is 128 cm³/mol. The Bertz CT molecular complexity index is 925. The number of amides is 1. The van der Waals surface area contributed by atoms with Gasteiger partial charge in [0.1, 0.15) is 4.32 Å². The minimum atomic E-state index is -0.0443. The maximum Gasteiger partial charge on any atom is 0.266 e. The number of ether oxygens (including phenoxy) is 2. The average molecular weight is 442 g/mol.